The molecule has 0 amide bonds. The standard InChI is InChI=1S/C14H10F6N4O3/c1-23(9-4-2-3-5-10(9)24(25)26)12-21-6-8(14(18,19)20)11(22-12)27-7-13(15,16)17/h2-6H,7H2,1H3. The first-order valence-electron chi connectivity index (χ1n) is 7.01. The Morgan fingerprint density at radius 2 is 1.81 bits per heavy atom. The average molecular weight is 396 g/mol. The Kier molecular flexibility index (Phi) is 5.42. The fourth-order valence-corrected chi connectivity index (χ4v) is 1.98. The maximum Gasteiger partial charge on any atom is 0.423 e. The van der Waals surface area contributed by atoms with Crippen molar-refractivity contribution < 1.29 is 36.0 Å². The number of alkyl halides is 6. The molecule has 0 fully saturated rings. The number of halogens is 6. The van der Waals surface area contributed by atoms with E-state index in [0.717, 1.165) is 11.0 Å². The zero-order chi connectivity index (χ0) is 20.4. The van der Waals surface area contributed by atoms with Gasteiger partial charge in [0.1, 0.15) is 11.3 Å². The minimum absolute atomic E-state index is 0.0796. The molecule has 1 aromatic carbocycles. The van der Waals surface area contributed by atoms with Gasteiger partial charge in [-0.2, -0.15) is 31.3 Å². The van der Waals surface area contributed by atoms with Gasteiger partial charge in [0.15, 0.2) is 6.61 Å². The molecule has 0 aliphatic rings. The summed E-state index contributed by atoms with van der Waals surface area (Å²) < 4.78 is 79.9. The van der Waals surface area contributed by atoms with Crippen molar-refractivity contribution in [2.24, 2.45) is 0 Å². The van der Waals surface area contributed by atoms with Crippen LogP contribution >= 0.6 is 0 Å². The lowest BCUT2D eigenvalue weighted by Crippen LogP contribution is -2.23. The predicted octanol–water partition coefficient (Wildman–Crippen LogP) is 4.11. The minimum atomic E-state index is -5.06. The number of anilines is 2. The molecule has 7 nitrogen and oxygen atoms in total. The molecule has 0 saturated carbocycles. The SMILES string of the molecule is CN(c1ncc(C(F)(F)F)c(OCC(F)(F)F)n1)c1ccccc1[N+](=O)[O-]. The zero-order valence-electron chi connectivity index (χ0n) is 13.4. The van der Waals surface area contributed by atoms with E-state index in [4.69, 9.17) is 0 Å². The molecule has 0 aliphatic carbocycles. The van der Waals surface area contributed by atoms with E-state index in [-0.39, 0.29) is 11.9 Å². The number of nitrogens with zero attached hydrogens (tertiary/aromatic N) is 4. The van der Waals surface area contributed by atoms with Crippen LogP contribution in [0.15, 0.2) is 30.5 Å². The van der Waals surface area contributed by atoms with E-state index < -0.39 is 47.0 Å². The molecule has 27 heavy (non-hydrogen) atoms. The van der Waals surface area contributed by atoms with Gasteiger partial charge in [0.25, 0.3) is 5.69 Å². The second kappa shape index (κ2) is 7.25. The van der Waals surface area contributed by atoms with E-state index in [1.54, 1.807) is 0 Å². The van der Waals surface area contributed by atoms with Crippen LogP contribution in [0.3, 0.4) is 0 Å². The maximum absolute atomic E-state index is 12.9. The number of rotatable bonds is 5. The first-order chi connectivity index (χ1) is 12.4. The zero-order valence-corrected chi connectivity index (χ0v) is 13.4. The quantitative estimate of drug-likeness (QED) is 0.430. The monoisotopic (exact) mass is 396 g/mol. The molecular formula is C14H10F6N4O3. The summed E-state index contributed by atoms with van der Waals surface area (Å²) in [5.41, 5.74) is -2.09. The summed E-state index contributed by atoms with van der Waals surface area (Å²) in [7, 11) is 1.21. The second-order valence-corrected chi connectivity index (χ2v) is 5.10. The Bertz CT molecular complexity index is 840. The van der Waals surface area contributed by atoms with Gasteiger partial charge >= 0.3 is 12.4 Å². The number of ether oxygens (including phenoxy) is 1. The lowest BCUT2D eigenvalue weighted by molar-refractivity contribution is -0.384. The molecule has 0 aliphatic heterocycles. The Morgan fingerprint density at radius 1 is 1.19 bits per heavy atom. The minimum Gasteiger partial charge on any atom is -0.467 e. The third-order valence-electron chi connectivity index (χ3n) is 3.16. The maximum atomic E-state index is 12.9. The number of benzene rings is 1. The van der Waals surface area contributed by atoms with Crippen LogP contribution in [0.4, 0.5) is 43.7 Å². The summed E-state index contributed by atoms with van der Waals surface area (Å²) in [6.45, 7) is -2.00. The average Bonchev–Trinajstić information content (AvgIpc) is 2.57. The summed E-state index contributed by atoms with van der Waals surface area (Å²) >= 11 is 0. The molecule has 146 valence electrons. The van der Waals surface area contributed by atoms with Crippen LogP contribution < -0.4 is 9.64 Å². The summed E-state index contributed by atoms with van der Waals surface area (Å²) in [4.78, 5) is 18.1. The highest BCUT2D eigenvalue weighted by atomic mass is 19.4. The Morgan fingerprint density at radius 3 is 2.37 bits per heavy atom. The van der Waals surface area contributed by atoms with Crippen molar-refractivity contribution in [1.82, 2.24) is 9.97 Å². The highest BCUT2D eigenvalue weighted by Gasteiger charge is 2.38. The molecule has 1 aromatic heterocycles. The highest BCUT2D eigenvalue weighted by Crippen LogP contribution is 2.37. The summed E-state index contributed by atoms with van der Waals surface area (Å²) in [6, 6.07) is 5.19. The van der Waals surface area contributed by atoms with Crippen molar-refractivity contribution in [3.05, 3.63) is 46.1 Å². The van der Waals surface area contributed by atoms with E-state index in [2.05, 4.69) is 14.7 Å². The molecule has 2 aromatic rings. The van der Waals surface area contributed by atoms with Crippen LogP contribution in [0, 0.1) is 10.1 Å². The first kappa shape index (κ1) is 20.2. The number of hydrogen-bond donors (Lipinski definition) is 0. The summed E-state index contributed by atoms with van der Waals surface area (Å²) in [6.07, 6.45) is -9.70. The van der Waals surface area contributed by atoms with Crippen molar-refractivity contribution in [3.63, 3.8) is 0 Å². The first-order valence-corrected chi connectivity index (χ1v) is 7.01. The van der Waals surface area contributed by atoms with Gasteiger partial charge in [-0.05, 0) is 6.07 Å². The topological polar surface area (TPSA) is 81.4 Å². The smallest absolute Gasteiger partial charge is 0.423 e. The van der Waals surface area contributed by atoms with Crippen molar-refractivity contribution in [2.45, 2.75) is 12.4 Å². The van der Waals surface area contributed by atoms with Crippen molar-refractivity contribution in [2.75, 3.05) is 18.6 Å². The van der Waals surface area contributed by atoms with E-state index >= 15 is 0 Å². The Labute approximate surface area is 147 Å². The Hall–Kier alpha value is -3.12. The van der Waals surface area contributed by atoms with Crippen LogP contribution in [0.25, 0.3) is 0 Å². The largest absolute Gasteiger partial charge is 0.467 e. The van der Waals surface area contributed by atoms with Gasteiger partial charge in [0.05, 0.1) is 4.92 Å². The van der Waals surface area contributed by atoms with Crippen molar-refractivity contribution in [3.8, 4) is 5.88 Å². The molecule has 0 N–H and O–H groups in total. The van der Waals surface area contributed by atoms with Crippen molar-refractivity contribution in [1.29, 1.82) is 0 Å². The lowest BCUT2D eigenvalue weighted by atomic mass is 10.2. The van der Waals surface area contributed by atoms with Crippen LogP contribution in [0.5, 0.6) is 5.88 Å². The van der Waals surface area contributed by atoms with Crippen LogP contribution in [0.1, 0.15) is 5.56 Å². The molecule has 2 rings (SSSR count). The number of para-hydroxylation sites is 2. The molecule has 0 atom stereocenters. The molecule has 13 heteroatoms. The summed E-state index contributed by atoms with van der Waals surface area (Å²) in [5, 5.41) is 11.1. The molecule has 1 heterocycles. The van der Waals surface area contributed by atoms with Gasteiger partial charge in [0.2, 0.25) is 11.8 Å². The number of nitro groups is 1. The number of aromatic nitrogens is 2. The van der Waals surface area contributed by atoms with Gasteiger partial charge in [-0.15, -0.1) is 0 Å². The normalized spacial score (nSPS) is 12.0. The molecular weight excluding hydrogens is 386 g/mol. The van der Waals surface area contributed by atoms with E-state index in [9.17, 15) is 36.5 Å². The fourth-order valence-electron chi connectivity index (χ4n) is 1.98. The van der Waals surface area contributed by atoms with Crippen LogP contribution in [0.2, 0.25) is 0 Å². The number of nitro benzene ring substituents is 1. The van der Waals surface area contributed by atoms with Crippen LogP contribution in [-0.4, -0.2) is 34.7 Å². The molecule has 0 saturated heterocycles. The van der Waals surface area contributed by atoms with E-state index in [1.165, 1.54) is 25.2 Å². The lowest BCUT2D eigenvalue weighted by Gasteiger charge is -2.19. The van der Waals surface area contributed by atoms with Gasteiger partial charge in [-0.1, -0.05) is 12.1 Å². The molecule has 0 radical (unpaired) electrons. The van der Waals surface area contributed by atoms with Gasteiger partial charge < -0.3 is 9.64 Å². The third-order valence-corrected chi connectivity index (χ3v) is 3.16. The fraction of sp³-hybridized carbons (Fsp3) is 0.286. The van der Waals surface area contributed by atoms with E-state index in [1.807, 2.05) is 0 Å². The van der Waals surface area contributed by atoms with E-state index in [0.29, 0.717) is 0 Å². The molecule has 0 unspecified atom stereocenters. The highest BCUT2D eigenvalue weighted by molar-refractivity contribution is 5.68. The van der Waals surface area contributed by atoms with Gasteiger partial charge in [-0.25, -0.2) is 4.98 Å². The summed E-state index contributed by atoms with van der Waals surface area (Å²) in [5.74, 6) is -1.86. The number of hydrogen-bond acceptors (Lipinski definition) is 6. The van der Waals surface area contributed by atoms with Gasteiger partial charge in [-0.3, -0.25) is 10.1 Å². The Balaban J connectivity index is 2.48. The molecule has 0 bridgehead atoms. The van der Waals surface area contributed by atoms with Gasteiger partial charge in [0, 0.05) is 19.3 Å². The molecule has 0 spiro atoms. The predicted molar refractivity (Wildman–Crippen MR) is 79.7 cm³/mol. The van der Waals surface area contributed by atoms with Crippen LogP contribution in [-0.2, 0) is 6.18 Å². The second-order valence-electron chi connectivity index (χ2n) is 5.10. The van der Waals surface area contributed by atoms with Crippen molar-refractivity contribution >= 4 is 17.3 Å². The third kappa shape index (κ3) is 4.95.